The maximum atomic E-state index is 11.8. The monoisotopic (exact) mass is 365 g/mol. The molecule has 0 saturated heterocycles. The Hall–Kier alpha value is -0.570. The summed E-state index contributed by atoms with van der Waals surface area (Å²) in [6, 6.07) is 0. The van der Waals surface area contributed by atoms with Gasteiger partial charge in [0.05, 0.1) is 7.11 Å². The highest BCUT2D eigenvalue weighted by Crippen LogP contribution is 2.63. The minimum atomic E-state index is 0.0115. The molecule has 0 radical (unpaired) electrons. The summed E-state index contributed by atoms with van der Waals surface area (Å²) in [7, 11) is 1.50. The van der Waals surface area contributed by atoms with Crippen molar-refractivity contribution in [2.24, 2.45) is 40.4 Å². The molecule has 1 amide bonds. The summed E-state index contributed by atoms with van der Waals surface area (Å²) < 4.78 is 0. The molecule has 26 heavy (non-hydrogen) atoms. The maximum Gasteiger partial charge on any atom is 0.243 e. The molecule has 0 aromatic carbocycles. The van der Waals surface area contributed by atoms with Crippen molar-refractivity contribution in [1.29, 1.82) is 0 Å². The van der Waals surface area contributed by atoms with E-state index >= 15 is 0 Å². The standard InChI is InChI=1S/C23H43NO2/c1-8-14-22(4,5)19-13-15-23(6)18(10-11-20(23)17(19)3)16(2)9-12-21(25)24-26-7/h16-20H,8-15H2,1-7H3,(H,24,25). The Kier molecular flexibility index (Phi) is 7.21. The molecule has 0 spiro atoms. The second kappa shape index (κ2) is 8.63. The van der Waals surface area contributed by atoms with Crippen molar-refractivity contribution >= 4 is 5.91 Å². The minimum Gasteiger partial charge on any atom is -0.277 e. The molecule has 1 N–H and O–H groups in total. The zero-order valence-corrected chi connectivity index (χ0v) is 18.4. The van der Waals surface area contributed by atoms with Crippen LogP contribution in [0.15, 0.2) is 0 Å². The number of hydroxylamine groups is 1. The first-order valence-corrected chi connectivity index (χ1v) is 11.0. The lowest BCUT2D eigenvalue weighted by Crippen LogP contribution is -2.45. The lowest BCUT2D eigenvalue weighted by Gasteiger charge is -2.53. The molecular weight excluding hydrogens is 322 g/mol. The van der Waals surface area contributed by atoms with E-state index in [9.17, 15) is 4.79 Å². The molecule has 3 nitrogen and oxygen atoms in total. The van der Waals surface area contributed by atoms with E-state index in [2.05, 4.69) is 47.0 Å². The van der Waals surface area contributed by atoms with Gasteiger partial charge in [0.2, 0.25) is 5.91 Å². The van der Waals surface area contributed by atoms with Gasteiger partial charge < -0.3 is 0 Å². The third-order valence-electron chi connectivity index (χ3n) is 8.37. The van der Waals surface area contributed by atoms with Crippen LogP contribution in [0.25, 0.3) is 0 Å². The summed E-state index contributed by atoms with van der Waals surface area (Å²) in [6.07, 6.45) is 9.68. The van der Waals surface area contributed by atoms with Crippen molar-refractivity contribution in [3.05, 3.63) is 0 Å². The SMILES string of the molecule is CCCC(C)(C)C1CCC2(C)C(C(C)CCC(=O)NOC)CCC2C1C. The average Bonchev–Trinajstić information content (AvgIpc) is 2.91. The van der Waals surface area contributed by atoms with Gasteiger partial charge in [-0.15, -0.1) is 0 Å². The first kappa shape index (κ1) is 21.7. The fourth-order valence-corrected chi connectivity index (χ4v) is 7.13. The summed E-state index contributed by atoms with van der Waals surface area (Å²) in [5.74, 6) is 3.93. The highest BCUT2D eigenvalue weighted by atomic mass is 16.6. The first-order valence-electron chi connectivity index (χ1n) is 11.0. The smallest absolute Gasteiger partial charge is 0.243 e. The predicted molar refractivity (Wildman–Crippen MR) is 108 cm³/mol. The van der Waals surface area contributed by atoms with Gasteiger partial charge in [-0.3, -0.25) is 9.63 Å². The first-order chi connectivity index (χ1) is 12.2. The fraction of sp³-hybridized carbons (Fsp3) is 0.957. The van der Waals surface area contributed by atoms with Crippen LogP contribution in [0.3, 0.4) is 0 Å². The van der Waals surface area contributed by atoms with Gasteiger partial charge in [0.15, 0.2) is 0 Å². The van der Waals surface area contributed by atoms with E-state index in [1.54, 1.807) is 0 Å². The van der Waals surface area contributed by atoms with E-state index in [0.29, 0.717) is 23.2 Å². The third kappa shape index (κ3) is 4.29. The van der Waals surface area contributed by atoms with Crippen molar-refractivity contribution in [2.45, 2.75) is 92.9 Å². The zero-order chi connectivity index (χ0) is 19.5. The number of carbonyl (C=O) groups is 1. The van der Waals surface area contributed by atoms with E-state index in [0.717, 1.165) is 30.1 Å². The number of hydrogen-bond acceptors (Lipinski definition) is 2. The molecule has 0 bridgehead atoms. The molecule has 0 aromatic heterocycles. The van der Waals surface area contributed by atoms with Crippen molar-refractivity contribution < 1.29 is 9.63 Å². The average molecular weight is 366 g/mol. The lowest BCUT2D eigenvalue weighted by atomic mass is 9.52. The summed E-state index contributed by atoms with van der Waals surface area (Å²) in [6.45, 7) is 14.8. The molecule has 2 aliphatic carbocycles. The van der Waals surface area contributed by atoms with Gasteiger partial charge in [0.25, 0.3) is 0 Å². The highest BCUT2D eigenvalue weighted by Gasteiger charge is 2.55. The van der Waals surface area contributed by atoms with Crippen LogP contribution in [0.1, 0.15) is 92.9 Å². The van der Waals surface area contributed by atoms with Crippen molar-refractivity contribution in [3.8, 4) is 0 Å². The second-order valence-corrected chi connectivity index (χ2v) is 10.3. The Bertz CT molecular complexity index is 475. The predicted octanol–water partition coefficient (Wildman–Crippen LogP) is 5.99. The fourth-order valence-electron chi connectivity index (χ4n) is 7.13. The lowest BCUT2D eigenvalue weighted by molar-refractivity contribution is -0.131. The molecule has 152 valence electrons. The molecule has 2 aliphatic rings. The molecule has 6 atom stereocenters. The van der Waals surface area contributed by atoms with E-state index < -0.39 is 0 Å². The topological polar surface area (TPSA) is 38.3 Å². The van der Waals surface area contributed by atoms with Crippen molar-refractivity contribution in [2.75, 3.05) is 7.11 Å². The maximum absolute atomic E-state index is 11.8. The van der Waals surface area contributed by atoms with Gasteiger partial charge >= 0.3 is 0 Å². The number of rotatable bonds is 8. The van der Waals surface area contributed by atoms with E-state index in [-0.39, 0.29) is 5.91 Å². The normalized spacial score (nSPS) is 35.8. The molecule has 0 aliphatic heterocycles. The largest absolute Gasteiger partial charge is 0.277 e. The Balaban J connectivity index is 2.03. The number of amides is 1. The van der Waals surface area contributed by atoms with Gasteiger partial charge in [-0.1, -0.05) is 48.0 Å². The minimum absolute atomic E-state index is 0.0115. The van der Waals surface area contributed by atoms with E-state index in [1.165, 1.54) is 45.6 Å². The zero-order valence-electron chi connectivity index (χ0n) is 18.4. The van der Waals surface area contributed by atoms with Crippen molar-refractivity contribution in [3.63, 3.8) is 0 Å². The summed E-state index contributed by atoms with van der Waals surface area (Å²) in [5.41, 5.74) is 3.40. The van der Waals surface area contributed by atoms with Crippen LogP contribution in [0.4, 0.5) is 0 Å². The molecule has 0 aromatic rings. The Labute approximate surface area is 162 Å². The van der Waals surface area contributed by atoms with Crippen LogP contribution in [0.5, 0.6) is 0 Å². The van der Waals surface area contributed by atoms with Crippen LogP contribution < -0.4 is 5.48 Å². The highest BCUT2D eigenvalue weighted by molar-refractivity contribution is 5.74. The molecular formula is C23H43NO2. The van der Waals surface area contributed by atoms with Gasteiger partial charge in [-0.2, -0.15) is 0 Å². The van der Waals surface area contributed by atoms with Gasteiger partial charge in [-0.25, -0.2) is 5.48 Å². The summed E-state index contributed by atoms with van der Waals surface area (Å²) in [5, 5.41) is 0. The van der Waals surface area contributed by atoms with Crippen molar-refractivity contribution in [1.82, 2.24) is 5.48 Å². The number of fused-ring (bicyclic) bond motifs is 1. The van der Waals surface area contributed by atoms with Gasteiger partial charge in [-0.05, 0) is 78.9 Å². The van der Waals surface area contributed by atoms with Crippen LogP contribution in [0.2, 0.25) is 0 Å². The molecule has 2 saturated carbocycles. The Morgan fingerprint density at radius 2 is 2.00 bits per heavy atom. The Morgan fingerprint density at radius 3 is 2.62 bits per heavy atom. The summed E-state index contributed by atoms with van der Waals surface area (Å²) >= 11 is 0. The van der Waals surface area contributed by atoms with Crippen LogP contribution >= 0.6 is 0 Å². The van der Waals surface area contributed by atoms with Gasteiger partial charge in [0.1, 0.15) is 0 Å². The number of carbonyl (C=O) groups excluding carboxylic acids is 1. The molecule has 2 fully saturated rings. The quantitative estimate of drug-likeness (QED) is 0.537. The number of hydrogen-bond donors (Lipinski definition) is 1. The third-order valence-corrected chi connectivity index (χ3v) is 8.37. The molecule has 0 heterocycles. The van der Waals surface area contributed by atoms with E-state index in [1.807, 2.05) is 0 Å². The molecule has 6 unspecified atom stereocenters. The number of nitrogens with one attached hydrogen (secondary N) is 1. The second-order valence-electron chi connectivity index (χ2n) is 10.3. The molecule has 3 heteroatoms. The van der Waals surface area contributed by atoms with Crippen LogP contribution in [0, 0.1) is 40.4 Å². The van der Waals surface area contributed by atoms with E-state index in [4.69, 9.17) is 4.84 Å². The van der Waals surface area contributed by atoms with Gasteiger partial charge in [0, 0.05) is 6.42 Å². The molecule has 2 rings (SSSR count). The van der Waals surface area contributed by atoms with Crippen LogP contribution in [-0.4, -0.2) is 13.0 Å². The Morgan fingerprint density at radius 1 is 1.31 bits per heavy atom. The summed E-state index contributed by atoms with van der Waals surface area (Å²) in [4.78, 5) is 16.5. The van der Waals surface area contributed by atoms with Crippen LogP contribution in [-0.2, 0) is 9.63 Å².